The van der Waals surface area contributed by atoms with Crippen molar-refractivity contribution in [1.82, 2.24) is 4.98 Å². The zero-order valence-electron chi connectivity index (χ0n) is 18.4. The Labute approximate surface area is 188 Å². The Morgan fingerprint density at radius 1 is 1.06 bits per heavy atom. The number of hydrogen-bond acceptors (Lipinski definition) is 5. The van der Waals surface area contributed by atoms with Crippen molar-refractivity contribution >= 4 is 38.0 Å². The Balaban J connectivity index is 1.51. The number of piperidine rings is 1. The Morgan fingerprint density at radius 3 is 2.50 bits per heavy atom. The number of rotatable bonds is 4. The van der Waals surface area contributed by atoms with Crippen molar-refractivity contribution < 1.29 is 13.2 Å². The van der Waals surface area contributed by atoms with Crippen molar-refractivity contribution in [3.8, 4) is 0 Å². The zero-order chi connectivity index (χ0) is 22.5. The van der Waals surface area contributed by atoms with Gasteiger partial charge in [0, 0.05) is 30.9 Å². The van der Waals surface area contributed by atoms with Gasteiger partial charge in [-0.1, -0.05) is 12.1 Å². The number of aromatic nitrogens is 1. The first-order valence-electron chi connectivity index (χ1n) is 11.0. The van der Waals surface area contributed by atoms with E-state index in [0.29, 0.717) is 22.4 Å². The van der Waals surface area contributed by atoms with Gasteiger partial charge in [-0.25, -0.2) is 8.42 Å². The molecule has 1 spiro atoms. The maximum atomic E-state index is 13.4. The van der Waals surface area contributed by atoms with E-state index in [-0.39, 0.29) is 10.8 Å². The number of anilines is 2. The molecule has 0 unspecified atom stereocenters. The molecule has 1 aromatic heterocycles. The number of carbonyl (C=O) groups is 1. The molecule has 0 bridgehead atoms. The van der Waals surface area contributed by atoms with Gasteiger partial charge >= 0.3 is 0 Å². The third kappa shape index (κ3) is 3.86. The molecular weight excluding hydrogens is 422 g/mol. The van der Waals surface area contributed by atoms with E-state index in [0.717, 1.165) is 42.4 Å². The van der Waals surface area contributed by atoms with Crippen molar-refractivity contribution in [2.45, 2.75) is 37.5 Å². The number of pyridine rings is 1. The van der Waals surface area contributed by atoms with Gasteiger partial charge in [0.25, 0.3) is 5.91 Å². The normalized spacial score (nSPS) is 17.5. The molecule has 166 valence electrons. The monoisotopic (exact) mass is 449 g/mol. The molecule has 0 atom stereocenters. The van der Waals surface area contributed by atoms with Crippen LogP contribution in [-0.2, 0) is 9.84 Å². The summed E-state index contributed by atoms with van der Waals surface area (Å²) in [6.07, 6.45) is 7.68. The zero-order valence-corrected chi connectivity index (χ0v) is 19.2. The first-order valence-corrected chi connectivity index (χ1v) is 12.9. The number of sulfone groups is 1. The van der Waals surface area contributed by atoms with Gasteiger partial charge in [-0.3, -0.25) is 9.78 Å². The van der Waals surface area contributed by atoms with E-state index in [1.54, 1.807) is 18.3 Å². The number of carbonyl (C=O) groups excluding carboxylic acids is 1. The maximum Gasteiger partial charge on any atom is 0.257 e. The van der Waals surface area contributed by atoms with Crippen LogP contribution in [0.15, 0.2) is 53.6 Å². The van der Waals surface area contributed by atoms with E-state index in [9.17, 15) is 13.2 Å². The summed E-state index contributed by atoms with van der Waals surface area (Å²) >= 11 is 0. The average Bonchev–Trinajstić information content (AvgIpc) is 3.53. The van der Waals surface area contributed by atoms with Gasteiger partial charge in [-0.2, -0.15) is 0 Å². The molecule has 32 heavy (non-hydrogen) atoms. The largest absolute Gasteiger partial charge is 0.371 e. The van der Waals surface area contributed by atoms with E-state index in [4.69, 9.17) is 0 Å². The Bertz CT molecular complexity index is 1320. The number of nitrogens with zero attached hydrogens (tertiary/aromatic N) is 2. The molecule has 0 radical (unpaired) electrons. The second kappa shape index (κ2) is 7.59. The molecule has 1 saturated carbocycles. The summed E-state index contributed by atoms with van der Waals surface area (Å²) in [5.41, 5.74) is 4.12. The van der Waals surface area contributed by atoms with Gasteiger partial charge in [0.1, 0.15) is 0 Å². The van der Waals surface area contributed by atoms with Crippen LogP contribution in [0.4, 0.5) is 11.4 Å². The lowest BCUT2D eigenvalue weighted by Gasteiger charge is -2.35. The van der Waals surface area contributed by atoms with Gasteiger partial charge in [-0.15, -0.1) is 0 Å². The predicted octanol–water partition coefficient (Wildman–Crippen LogP) is 4.58. The van der Waals surface area contributed by atoms with Gasteiger partial charge in [0.05, 0.1) is 27.4 Å². The lowest BCUT2D eigenvalue weighted by Crippen LogP contribution is -2.35. The fraction of sp³-hybridized carbons (Fsp3) is 0.360. The highest BCUT2D eigenvalue weighted by atomic mass is 32.2. The highest BCUT2D eigenvalue weighted by Gasteiger charge is 2.44. The van der Waals surface area contributed by atoms with Crippen molar-refractivity contribution in [3.63, 3.8) is 0 Å². The number of benzene rings is 2. The van der Waals surface area contributed by atoms with Crippen LogP contribution in [0.3, 0.4) is 0 Å². The third-order valence-electron chi connectivity index (χ3n) is 7.00. The Kier molecular flexibility index (Phi) is 4.97. The standard InChI is InChI=1S/C25H27N3O3S/c1-17-8-13-26-23-19(17)4-3-5-21(23)27-24(29)20-7-6-18(32(2,30)31)16-22(20)28-14-11-25(9-10-25)12-15-28/h3-8,13,16H,9-12,14-15H2,1-2H3,(H,27,29). The fourth-order valence-corrected chi connectivity index (χ4v) is 5.34. The minimum Gasteiger partial charge on any atom is -0.371 e. The smallest absolute Gasteiger partial charge is 0.257 e. The lowest BCUT2D eigenvalue weighted by molar-refractivity contribution is 0.102. The van der Waals surface area contributed by atoms with E-state index in [1.165, 1.54) is 25.2 Å². The quantitative estimate of drug-likeness (QED) is 0.631. The summed E-state index contributed by atoms with van der Waals surface area (Å²) < 4.78 is 24.4. The molecule has 2 heterocycles. The van der Waals surface area contributed by atoms with Gasteiger partial charge in [-0.05, 0) is 73.9 Å². The highest BCUT2D eigenvalue weighted by Crippen LogP contribution is 2.54. The van der Waals surface area contributed by atoms with Gasteiger partial charge in [0.2, 0.25) is 0 Å². The molecule has 1 aliphatic carbocycles. The molecule has 2 aliphatic rings. The Morgan fingerprint density at radius 2 is 1.81 bits per heavy atom. The van der Waals surface area contributed by atoms with Crippen LogP contribution in [0.1, 0.15) is 41.6 Å². The molecule has 1 saturated heterocycles. The summed E-state index contributed by atoms with van der Waals surface area (Å²) in [6, 6.07) is 12.5. The summed E-state index contributed by atoms with van der Waals surface area (Å²) in [4.78, 5) is 20.3. The van der Waals surface area contributed by atoms with Gasteiger partial charge in [0.15, 0.2) is 9.84 Å². The van der Waals surface area contributed by atoms with E-state index in [1.807, 2.05) is 31.2 Å². The number of amides is 1. The number of para-hydroxylation sites is 1. The summed E-state index contributed by atoms with van der Waals surface area (Å²) in [7, 11) is -3.38. The molecule has 1 aliphatic heterocycles. The van der Waals surface area contributed by atoms with E-state index < -0.39 is 9.84 Å². The van der Waals surface area contributed by atoms with E-state index >= 15 is 0 Å². The van der Waals surface area contributed by atoms with Gasteiger partial charge < -0.3 is 10.2 Å². The average molecular weight is 450 g/mol. The molecule has 1 amide bonds. The molecule has 7 heteroatoms. The predicted molar refractivity (Wildman–Crippen MR) is 127 cm³/mol. The number of hydrogen-bond donors (Lipinski definition) is 1. The summed E-state index contributed by atoms with van der Waals surface area (Å²) in [5.74, 6) is -0.262. The molecule has 2 aromatic carbocycles. The minimum absolute atomic E-state index is 0.234. The third-order valence-corrected chi connectivity index (χ3v) is 8.11. The van der Waals surface area contributed by atoms with Crippen molar-refractivity contribution in [1.29, 1.82) is 0 Å². The maximum absolute atomic E-state index is 13.4. The lowest BCUT2D eigenvalue weighted by atomic mass is 9.93. The number of fused-ring (bicyclic) bond motifs is 1. The van der Waals surface area contributed by atoms with E-state index in [2.05, 4.69) is 15.2 Å². The molecule has 2 fully saturated rings. The Hall–Kier alpha value is -2.93. The molecular formula is C25H27N3O3S. The number of nitrogens with one attached hydrogen (secondary N) is 1. The highest BCUT2D eigenvalue weighted by molar-refractivity contribution is 7.90. The molecule has 1 N–H and O–H groups in total. The van der Waals surface area contributed by atoms with Crippen molar-refractivity contribution in [3.05, 3.63) is 59.8 Å². The second-order valence-corrected chi connectivity index (χ2v) is 11.2. The first-order chi connectivity index (χ1) is 15.3. The summed E-state index contributed by atoms with van der Waals surface area (Å²) in [5, 5.41) is 4.01. The minimum atomic E-state index is -3.38. The van der Waals surface area contributed by atoms with Crippen LogP contribution in [0, 0.1) is 12.3 Å². The van der Waals surface area contributed by atoms with Crippen LogP contribution in [0.5, 0.6) is 0 Å². The fourth-order valence-electron chi connectivity index (χ4n) is 4.70. The molecule has 5 rings (SSSR count). The van der Waals surface area contributed by atoms with Crippen LogP contribution < -0.4 is 10.2 Å². The first kappa shape index (κ1) is 20.9. The van der Waals surface area contributed by atoms with Crippen LogP contribution in [-0.4, -0.2) is 38.7 Å². The second-order valence-electron chi connectivity index (χ2n) is 9.22. The molecule has 6 nitrogen and oxygen atoms in total. The van der Waals surface area contributed by atoms with Crippen LogP contribution in [0.25, 0.3) is 10.9 Å². The SMILES string of the molecule is Cc1ccnc2c(NC(=O)c3ccc(S(C)(=O)=O)cc3N3CCC4(CC3)CC4)cccc12. The molecule has 3 aromatic rings. The van der Waals surface area contributed by atoms with Crippen molar-refractivity contribution in [2.75, 3.05) is 29.6 Å². The topological polar surface area (TPSA) is 79.4 Å². The van der Waals surface area contributed by atoms with Crippen LogP contribution in [0.2, 0.25) is 0 Å². The summed E-state index contributed by atoms with van der Waals surface area (Å²) in [6.45, 7) is 3.69. The van der Waals surface area contributed by atoms with Crippen LogP contribution >= 0.6 is 0 Å². The van der Waals surface area contributed by atoms with Crippen molar-refractivity contribution in [2.24, 2.45) is 5.41 Å². The number of aryl methyl sites for hydroxylation is 1.